The molecule has 118 valence electrons. The quantitative estimate of drug-likeness (QED) is 0.759. The third-order valence-corrected chi connectivity index (χ3v) is 3.72. The van der Waals surface area contributed by atoms with Gasteiger partial charge in [-0.3, -0.25) is 4.79 Å². The minimum atomic E-state index is -4.07. The highest BCUT2D eigenvalue weighted by Crippen LogP contribution is 2.15. The second kappa shape index (κ2) is 7.48. The molecule has 0 aliphatic carbocycles. The summed E-state index contributed by atoms with van der Waals surface area (Å²) < 4.78 is 41.2. The molecule has 0 saturated carbocycles. The van der Waals surface area contributed by atoms with Gasteiger partial charge in [0.1, 0.15) is 5.82 Å². The van der Waals surface area contributed by atoms with Gasteiger partial charge in [0.25, 0.3) is 5.91 Å². The van der Waals surface area contributed by atoms with Gasteiger partial charge in [0.15, 0.2) is 0 Å². The number of hydrogen-bond donors (Lipinski definition) is 1. The topological polar surface area (TPSA) is 89.7 Å². The van der Waals surface area contributed by atoms with Crippen LogP contribution < -0.4 is 5.14 Å². The molecular weight excluding hydrogens is 299 g/mol. The van der Waals surface area contributed by atoms with Crippen LogP contribution in [0, 0.1) is 5.82 Å². The molecule has 1 aromatic carbocycles. The van der Waals surface area contributed by atoms with Crippen molar-refractivity contribution < 1.29 is 22.3 Å². The molecule has 0 bridgehead atoms. The van der Waals surface area contributed by atoms with E-state index in [2.05, 4.69) is 0 Å². The van der Waals surface area contributed by atoms with Crippen LogP contribution in [0.25, 0.3) is 0 Å². The molecule has 21 heavy (non-hydrogen) atoms. The lowest BCUT2D eigenvalue weighted by molar-refractivity contribution is 0.0668. The molecule has 0 unspecified atom stereocenters. The van der Waals surface area contributed by atoms with Crippen molar-refractivity contribution in [3.63, 3.8) is 0 Å². The van der Waals surface area contributed by atoms with Crippen LogP contribution in [0.3, 0.4) is 0 Å². The lowest BCUT2D eigenvalue weighted by atomic mass is 10.2. The van der Waals surface area contributed by atoms with E-state index >= 15 is 0 Å². The first kappa shape index (κ1) is 17.5. The van der Waals surface area contributed by atoms with Gasteiger partial charge in [-0.25, -0.2) is 17.9 Å². The monoisotopic (exact) mass is 318 g/mol. The zero-order valence-electron chi connectivity index (χ0n) is 12.0. The first-order valence-corrected chi connectivity index (χ1v) is 8.04. The lowest BCUT2D eigenvalue weighted by Gasteiger charge is -2.21. The molecule has 0 aliphatic rings. The van der Waals surface area contributed by atoms with Crippen LogP contribution in [-0.4, -0.2) is 45.5 Å². The van der Waals surface area contributed by atoms with Gasteiger partial charge in [-0.05, 0) is 32.0 Å². The number of likely N-dealkylation sites (N-methyl/N-ethyl adjacent to an activating group) is 1. The SMILES string of the molecule is CCOCCN(CC)C(=O)c1cc(F)cc(S(N)(=O)=O)c1. The minimum Gasteiger partial charge on any atom is -0.380 e. The van der Waals surface area contributed by atoms with Crippen LogP contribution in [0.1, 0.15) is 24.2 Å². The molecule has 0 heterocycles. The largest absolute Gasteiger partial charge is 0.380 e. The normalized spacial score (nSPS) is 11.4. The molecule has 1 rings (SSSR count). The number of primary sulfonamides is 1. The van der Waals surface area contributed by atoms with E-state index in [-0.39, 0.29) is 5.56 Å². The smallest absolute Gasteiger partial charge is 0.254 e. The van der Waals surface area contributed by atoms with E-state index in [1.807, 2.05) is 6.92 Å². The van der Waals surface area contributed by atoms with Gasteiger partial charge < -0.3 is 9.64 Å². The Bertz CT molecular complexity index is 604. The Balaban J connectivity index is 3.03. The maximum atomic E-state index is 13.5. The number of hydrogen-bond acceptors (Lipinski definition) is 4. The summed E-state index contributed by atoms with van der Waals surface area (Å²) in [5, 5.41) is 4.96. The molecule has 0 radical (unpaired) electrons. The average Bonchev–Trinajstić information content (AvgIpc) is 2.41. The Labute approximate surface area is 123 Å². The molecule has 1 amide bonds. The number of benzene rings is 1. The number of amides is 1. The highest BCUT2D eigenvalue weighted by molar-refractivity contribution is 7.89. The number of carbonyl (C=O) groups is 1. The predicted octanol–water partition coefficient (Wildman–Crippen LogP) is 0.972. The first-order chi connectivity index (χ1) is 9.79. The van der Waals surface area contributed by atoms with Gasteiger partial charge in [0.2, 0.25) is 10.0 Å². The van der Waals surface area contributed by atoms with Crippen molar-refractivity contribution in [1.82, 2.24) is 4.90 Å². The summed E-state index contributed by atoms with van der Waals surface area (Å²) in [6.07, 6.45) is 0. The summed E-state index contributed by atoms with van der Waals surface area (Å²) in [4.78, 5) is 13.3. The zero-order chi connectivity index (χ0) is 16.0. The van der Waals surface area contributed by atoms with Gasteiger partial charge >= 0.3 is 0 Å². The van der Waals surface area contributed by atoms with Crippen LogP contribution in [0.2, 0.25) is 0 Å². The number of nitrogens with zero attached hydrogens (tertiary/aromatic N) is 1. The van der Waals surface area contributed by atoms with Crippen molar-refractivity contribution in [3.05, 3.63) is 29.6 Å². The maximum Gasteiger partial charge on any atom is 0.254 e. The molecule has 0 saturated heterocycles. The van der Waals surface area contributed by atoms with E-state index in [1.165, 1.54) is 4.90 Å². The summed E-state index contributed by atoms with van der Waals surface area (Å²) in [7, 11) is -4.07. The number of carbonyl (C=O) groups excluding carboxylic acids is 1. The zero-order valence-corrected chi connectivity index (χ0v) is 12.8. The van der Waals surface area contributed by atoms with Crippen molar-refractivity contribution in [2.75, 3.05) is 26.3 Å². The molecule has 0 fully saturated rings. The summed E-state index contributed by atoms with van der Waals surface area (Å²) in [5.41, 5.74) is -0.0580. The van der Waals surface area contributed by atoms with Crippen LogP contribution >= 0.6 is 0 Å². The Hall–Kier alpha value is -1.51. The highest BCUT2D eigenvalue weighted by atomic mass is 32.2. The lowest BCUT2D eigenvalue weighted by Crippen LogP contribution is -2.34. The molecule has 0 aromatic heterocycles. The molecule has 2 N–H and O–H groups in total. The van der Waals surface area contributed by atoms with E-state index in [0.717, 1.165) is 18.2 Å². The molecule has 8 heteroatoms. The van der Waals surface area contributed by atoms with Gasteiger partial charge in [-0.1, -0.05) is 0 Å². The standard InChI is InChI=1S/C13H19FN2O4S/c1-3-16(5-6-20-4-2)13(17)10-7-11(14)9-12(8-10)21(15,18)19/h7-9H,3-6H2,1-2H3,(H2,15,18,19). The van der Waals surface area contributed by atoms with Gasteiger partial charge in [-0.15, -0.1) is 0 Å². The summed E-state index contributed by atoms with van der Waals surface area (Å²) in [6.45, 7) is 5.22. The molecule has 1 aromatic rings. The summed E-state index contributed by atoms with van der Waals surface area (Å²) >= 11 is 0. The van der Waals surface area contributed by atoms with Crippen molar-refractivity contribution in [2.24, 2.45) is 5.14 Å². The van der Waals surface area contributed by atoms with E-state index in [4.69, 9.17) is 9.88 Å². The van der Waals surface area contributed by atoms with Gasteiger partial charge in [-0.2, -0.15) is 0 Å². The predicted molar refractivity (Wildman–Crippen MR) is 75.8 cm³/mol. The minimum absolute atomic E-state index is 0.0580. The molecular formula is C13H19FN2O4S. The number of rotatable bonds is 7. The summed E-state index contributed by atoms with van der Waals surface area (Å²) in [6, 6.07) is 2.84. The molecule has 0 aliphatic heterocycles. The van der Waals surface area contributed by atoms with Crippen molar-refractivity contribution in [2.45, 2.75) is 18.7 Å². The number of sulfonamides is 1. The first-order valence-electron chi connectivity index (χ1n) is 6.50. The van der Waals surface area contributed by atoms with Crippen molar-refractivity contribution in [3.8, 4) is 0 Å². The third kappa shape index (κ3) is 5.07. The fraction of sp³-hybridized carbons (Fsp3) is 0.462. The Morgan fingerprint density at radius 1 is 1.33 bits per heavy atom. The van der Waals surface area contributed by atoms with Crippen LogP contribution in [0.5, 0.6) is 0 Å². The van der Waals surface area contributed by atoms with Crippen molar-refractivity contribution >= 4 is 15.9 Å². The fourth-order valence-corrected chi connectivity index (χ4v) is 2.32. The molecule has 6 nitrogen and oxygen atoms in total. The van der Waals surface area contributed by atoms with Crippen LogP contribution in [0.15, 0.2) is 23.1 Å². The Morgan fingerprint density at radius 3 is 2.52 bits per heavy atom. The van der Waals surface area contributed by atoms with Gasteiger partial charge in [0, 0.05) is 25.3 Å². The van der Waals surface area contributed by atoms with E-state index in [9.17, 15) is 17.6 Å². The van der Waals surface area contributed by atoms with E-state index in [1.54, 1.807) is 6.92 Å². The second-order valence-electron chi connectivity index (χ2n) is 4.30. The molecule has 0 atom stereocenters. The molecule has 0 spiro atoms. The number of ether oxygens (including phenoxy) is 1. The van der Waals surface area contributed by atoms with E-state index < -0.39 is 26.6 Å². The number of halogens is 1. The van der Waals surface area contributed by atoms with Crippen molar-refractivity contribution in [1.29, 1.82) is 0 Å². The Kier molecular flexibility index (Phi) is 6.25. The second-order valence-corrected chi connectivity index (χ2v) is 5.86. The van der Waals surface area contributed by atoms with Gasteiger partial charge in [0.05, 0.1) is 11.5 Å². The van der Waals surface area contributed by atoms with Crippen LogP contribution in [-0.2, 0) is 14.8 Å². The number of nitrogens with two attached hydrogens (primary N) is 1. The fourth-order valence-electron chi connectivity index (χ4n) is 1.76. The highest BCUT2D eigenvalue weighted by Gasteiger charge is 2.18. The van der Waals surface area contributed by atoms with Crippen LogP contribution in [0.4, 0.5) is 4.39 Å². The van der Waals surface area contributed by atoms with E-state index in [0.29, 0.717) is 26.3 Å². The summed E-state index contributed by atoms with van der Waals surface area (Å²) in [5.74, 6) is -1.30. The third-order valence-electron chi connectivity index (χ3n) is 2.83. The average molecular weight is 318 g/mol. The Morgan fingerprint density at radius 2 is 2.00 bits per heavy atom. The maximum absolute atomic E-state index is 13.5.